The zero-order valence-corrected chi connectivity index (χ0v) is 32.0. The van der Waals surface area contributed by atoms with Crippen LogP contribution in [0.25, 0.3) is 0 Å². The van der Waals surface area contributed by atoms with Gasteiger partial charge in [-0.25, -0.2) is 0 Å². The van der Waals surface area contributed by atoms with Gasteiger partial charge in [-0.05, 0) is 127 Å². The van der Waals surface area contributed by atoms with Crippen LogP contribution in [0.1, 0.15) is 119 Å². The van der Waals surface area contributed by atoms with Crippen molar-refractivity contribution >= 4 is 0 Å². The van der Waals surface area contributed by atoms with Crippen molar-refractivity contribution in [2.24, 2.45) is 68.3 Å². The lowest BCUT2D eigenvalue weighted by atomic mass is 9.33. The average molecular weight is 706 g/mol. The number of aliphatic hydroxyl groups is 7. The molecule has 0 aromatic carbocycles. The molecule has 6 rings (SSSR count). The van der Waals surface area contributed by atoms with E-state index in [0.29, 0.717) is 52.3 Å². The average Bonchev–Trinajstić information content (AvgIpc) is 3.49. The van der Waals surface area contributed by atoms with Crippen molar-refractivity contribution in [1.29, 1.82) is 0 Å². The van der Waals surface area contributed by atoms with Crippen molar-refractivity contribution in [1.82, 2.24) is 0 Å². The van der Waals surface area contributed by atoms with Crippen LogP contribution < -0.4 is 5.73 Å². The number of ether oxygens (including phenoxy) is 1. The minimum atomic E-state index is -2.21. The molecule has 6 aliphatic carbocycles. The Morgan fingerprint density at radius 1 is 0.840 bits per heavy atom. The highest BCUT2D eigenvalue weighted by atomic mass is 16.5. The third-order valence-electron chi connectivity index (χ3n) is 17.3. The third-order valence-corrected chi connectivity index (χ3v) is 17.3. The fourth-order valence-corrected chi connectivity index (χ4v) is 14.3. The topological polar surface area (TPSA) is 177 Å². The fourth-order valence-electron chi connectivity index (χ4n) is 14.3. The smallest absolute Gasteiger partial charge is 0.144 e. The van der Waals surface area contributed by atoms with Crippen molar-refractivity contribution < 1.29 is 40.5 Å². The maximum Gasteiger partial charge on any atom is 0.144 e. The van der Waals surface area contributed by atoms with Crippen LogP contribution in [0.15, 0.2) is 12.2 Å². The Bertz CT molecular complexity index is 1260. The molecular formula is C41H71NO8. The lowest BCUT2D eigenvalue weighted by Crippen LogP contribution is -2.64. The summed E-state index contributed by atoms with van der Waals surface area (Å²) in [5.41, 5.74) is 5.19. The van der Waals surface area contributed by atoms with Crippen LogP contribution in [-0.4, -0.2) is 97.2 Å². The van der Waals surface area contributed by atoms with E-state index in [-0.39, 0.29) is 10.8 Å². The predicted octanol–water partition coefficient (Wildman–Crippen LogP) is 3.92. The van der Waals surface area contributed by atoms with Crippen molar-refractivity contribution in [3.63, 3.8) is 0 Å². The zero-order chi connectivity index (χ0) is 36.8. The molecule has 9 heteroatoms. The van der Waals surface area contributed by atoms with Gasteiger partial charge in [0.05, 0.1) is 25.4 Å². The minimum absolute atomic E-state index is 0.205. The van der Waals surface area contributed by atoms with Gasteiger partial charge in [0, 0.05) is 0 Å². The molecule has 0 aliphatic heterocycles. The largest absolute Gasteiger partial charge is 0.393 e. The molecule has 0 spiro atoms. The van der Waals surface area contributed by atoms with E-state index in [1.807, 2.05) is 0 Å². The summed E-state index contributed by atoms with van der Waals surface area (Å²) in [5, 5.41) is 72.9. The zero-order valence-electron chi connectivity index (χ0n) is 32.0. The van der Waals surface area contributed by atoms with E-state index < -0.39 is 61.5 Å². The molecule has 0 radical (unpaired) electrons. The van der Waals surface area contributed by atoms with Crippen molar-refractivity contribution in [3.05, 3.63) is 12.2 Å². The molecule has 9 nitrogen and oxygen atoms in total. The Hall–Kier alpha value is -0.620. The Labute approximate surface area is 301 Å². The normalized spacial score (nSPS) is 51.9. The quantitative estimate of drug-likeness (QED) is 0.157. The first-order valence-corrected chi connectivity index (χ1v) is 20.0. The molecule has 0 bridgehead atoms. The standard InChI is InChI=1S/C41H71NO8/c1-23(9-10-26(44)32(46)27(45)21-50-35-31(42)33(47)34(48)41(35,49)22-43)24-13-18-37(4)25(24)14-19-39(6)29(37)11-12-30-38(5)17-8-16-36(2,3)28(38)15-20-40(30,39)7/h15,20,23-35,43-49H,8-14,16-19,21-22,42H2,1-7H3. The SMILES string of the molecule is CC(CCC(O)C(O)C(O)COC1C(N)C(O)C(O)C1(O)CO)C1CCC2(C)C1CCC1(C)C2CCC2C3(C)CCCC(C)(C)C3C=CC21C. The highest BCUT2D eigenvalue weighted by Gasteiger charge is 2.69. The van der Waals surface area contributed by atoms with Crippen LogP contribution >= 0.6 is 0 Å². The van der Waals surface area contributed by atoms with Crippen molar-refractivity contribution in [3.8, 4) is 0 Å². The van der Waals surface area contributed by atoms with Crippen LogP contribution in [0.2, 0.25) is 0 Å². The molecule has 0 aromatic rings. The van der Waals surface area contributed by atoms with E-state index in [1.54, 1.807) is 0 Å². The second kappa shape index (κ2) is 13.3. The van der Waals surface area contributed by atoms with Gasteiger partial charge >= 0.3 is 0 Å². The monoisotopic (exact) mass is 706 g/mol. The molecule has 18 atom stereocenters. The molecule has 0 saturated heterocycles. The molecule has 5 saturated carbocycles. The summed E-state index contributed by atoms with van der Waals surface area (Å²) in [6.45, 7) is 16.5. The summed E-state index contributed by atoms with van der Waals surface area (Å²) < 4.78 is 5.52. The molecule has 18 unspecified atom stereocenters. The Morgan fingerprint density at radius 2 is 1.52 bits per heavy atom. The van der Waals surface area contributed by atoms with Gasteiger partial charge < -0.3 is 46.2 Å². The van der Waals surface area contributed by atoms with Crippen molar-refractivity contribution in [2.75, 3.05) is 13.2 Å². The van der Waals surface area contributed by atoms with Crippen LogP contribution in [-0.2, 0) is 4.74 Å². The molecule has 6 aliphatic rings. The van der Waals surface area contributed by atoms with Gasteiger partial charge in [0.2, 0.25) is 0 Å². The van der Waals surface area contributed by atoms with E-state index in [2.05, 4.69) is 60.6 Å². The van der Waals surface area contributed by atoms with Gasteiger partial charge in [-0.3, -0.25) is 0 Å². The maximum atomic E-state index is 10.9. The second-order valence-electron chi connectivity index (χ2n) is 20.0. The Kier molecular flexibility index (Phi) is 10.4. The summed E-state index contributed by atoms with van der Waals surface area (Å²) in [6, 6.07) is -1.20. The minimum Gasteiger partial charge on any atom is -0.393 e. The van der Waals surface area contributed by atoms with E-state index in [1.165, 1.54) is 57.8 Å². The number of rotatable bonds is 10. The van der Waals surface area contributed by atoms with Gasteiger partial charge in [0.25, 0.3) is 0 Å². The van der Waals surface area contributed by atoms with Gasteiger partial charge in [-0.1, -0.05) is 67.0 Å². The lowest BCUT2D eigenvalue weighted by molar-refractivity contribution is -0.198. The summed E-state index contributed by atoms with van der Waals surface area (Å²) >= 11 is 0. The molecule has 50 heavy (non-hydrogen) atoms. The second-order valence-corrected chi connectivity index (χ2v) is 20.0. The summed E-state index contributed by atoms with van der Waals surface area (Å²) in [4.78, 5) is 0. The molecular weight excluding hydrogens is 634 g/mol. The number of fused-ring (bicyclic) bond motifs is 7. The molecule has 9 N–H and O–H groups in total. The number of hydrogen-bond acceptors (Lipinski definition) is 9. The fraction of sp³-hybridized carbons (Fsp3) is 0.951. The summed E-state index contributed by atoms with van der Waals surface area (Å²) in [7, 11) is 0. The van der Waals surface area contributed by atoms with Crippen LogP contribution in [0.4, 0.5) is 0 Å². The van der Waals surface area contributed by atoms with E-state index in [4.69, 9.17) is 10.5 Å². The highest BCUT2D eigenvalue weighted by Crippen LogP contribution is 2.76. The van der Waals surface area contributed by atoms with Crippen LogP contribution in [0.5, 0.6) is 0 Å². The van der Waals surface area contributed by atoms with E-state index in [0.717, 1.165) is 12.3 Å². The number of aliphatic hydroxyl groups excluding tert-OH is 6. The molecule has 0 amide bonds. The summed E-state index contributed by atoms with van der Waals surface area (Å²) in [6.07, 6.45) is 9.34. The molecule has 0 heterocycles. The number of hydrogen-bond donors (Lipinski definition) is 8. The Balaban J connectivity index is 1.07. The van der Waals surface area contributed by atoms with E-state index >= 15 is 0 Å². The molecule has 288 valence electrons. The van der Waals surface area contributed by atoms with Crippen LogP contribution in [0.3, 0.4) is 0 Å². The summed E-state index contributed by atoms with van der Waals surface area (Å²) in [5.74, 6) is 3.65. The van der Waals surface area contributed by atoms with Crippen LogP contribution in [0, 0.1) is 62.6 Å². The predicted molar refractivity (Wildman–Crippen MR) is 193 cm³/mol. The first-order valence-electron chi connectivity index (χ1n) is 20.0. The number of allylic oxidation sites excluding steroid dienone is 2. The van der Waals surface area contributed by atoms with Crippen molar-refractivity contribution in [2.45, 2.75) is 167 Å². The molecule has 5 fully saturated rings. The maximum absolute atomic E-state index is 10.9. The molecule has 0 aromatic heterocycles. The van der Waals surface area contributed by atoms with Gasteiger partial charge in [0.1, 0.15) is 36.1 Å². The van der Waals surface area contributed by atoms with E-state index in [9.17, 15) is 35.7 Å². The lowest BCUT2D eigenvalue weighted by Gasteiger charge is -2.71. The van der Waals surface area contributed by atoms with Gasteiger partial charge in [-0.2, -0.15) is 0 Å². The Morgan fingerprint density at radius 3 is 2.20 bits per heavy atom. The highest BCUT2D eigenvalue weighted by molar-refractivity contribution is 5.27. The number of nitrogens with two attached hydrogens (primary N) is 1. The third kappa shape index (κ3) is 5.64. The first-order chi connectivity index (χ1) is 23.2. The van der Waals surface area contributed by atoms with Gasteiger partial charge in [-0.15, -0.1) is 0 Å². The first kappa shape index (κ1) is 39.1. The van der Waals surface area contributed by atoms with Gasteiger partial charge in [0.15, 0.2) is 0 Å².